The molecule has 0 unspecified atom stereocenters. The highest BCUT2D eigenvalue weighted by molar-refractivity contribution is 8.14. The molecule has 0 radical (unpaired) electrons. The third-order valence-electron chi connectivity index (χ3n) is 2.99. The largest absolute Gasteiger partial charge is 0.508 e. The van der Waals surface area contributed by atoms with E-state index >= 15 is 0 Å². The lowest BCUT2D eigenvalue weighted by Crippen LogP contribution is -2.21. The normalized spacial score (nSPS) is 18.0. The van der Waals surface area contributed by atoms with E-state index in [0.29, 0.717) is 12.4 Å². The molecule has 2 aromatic rings. The second kappa shape index (κ2) is 6.50. The Labute approximate surface area is 135 Å². The van der Waals surface area contributed by atoms with Crippen molar-refractivity contribution in [1.29, 1.82) is 0 Å². The SMILES string of the molecule is CCOC(=O)[C@H]1CSC(/C=C/c2nc3ccc(O)cc3s2)=N1. The summed E-state index contributed by atoms with van der Waals surface area (Å²) < 4.78 is 5.91. The van der Waals surface area contributed by atoms with Crippen molar-refractivity contribution >= 4 is 50.4 Å². The zero-order valence-electron chi connectivity index (χ0n) is 11.9. The van der Waals surface area contributed by atoms with Crippen LogP contribution in [-0.2, 0) is 9.53 Å². The summed E-state index contributed by atoms with van der Waals surface area (Å²) in [7, 11) is 0. The van der Waals surface area contributed by atoms with Crippen LogP contribution in [0.4, 0.5) is 0 Å². The lowest BCUT2D eigenvalue weighted by Gasteiger charge is -2.03. The first-order valence-corrected chi connectivity index (χ1v) is 8.61. The molecule has 7 heteroatoms. The minimum atomic E-state index is -0.406. The van der Waals surface area contributed by atoms with Crippen LogP contribution in [-0.4, -0.2) is 39.5 Å². The molecule has 1 aromatic carbocycles. The highest BCUT2D eigenvalue weighted by atomic mass is 32.2. The quantitative estimate of drug-likeness (QED) is 0.870. The van der Waals surface area contributed by atoms with E-state index in [0.717, 1.165) is 20.3 Å². The predicted molar refractivity (Wildman–Crippen MR) is 90.6 cm³/mol. The van der Waals surface area contributed by atoms with Gasteiger partial charge in [-0.1, -0.05) is 0 Å². The first kappa shape index (κ1) is 15.1. The zero-order chi connectivity index (χ0) is 15.5. The summed E-state index contributed by atoms with van der Waals surface area (Å²) in [5.41, 5.74) is 0.855. The Hall–Kier alpha value is -1.86. The minimum Gasteiger partial charge on any atom is -0.508 e. The van der Waals surface area contributed by atoms with Gasteiger partial charge >= 0.3 is 5.97 Å². The molecule has 1 aliphatic rings. The van der Waals surface area contributed by atoms with E-state index in [-0.39, 0.29) is 11.7 Å². The van der Waals surface area contributed by atoms with Crippen molar-refractivity contribution in [2.24, 2.45) is 4.99 Å². The molecule has 0 amide bonds. The topological polar surface area (TPSA) is 71.8 Å². The van der Waals surface area contributed by atoms with E-state index in [9.17, 15) is 9.90 Å². The molecule has 0 saturated carbocycles. The standard InChI is InChI=1S/C15H14N2O3S2/c1-2-20-15(19)11-8-21-13(17-11)5-6-14-16-10-4-3-9(18)7-12(10)22-14/h3-7,11,18H,2,8H2,1H3/b6-5+/t11-/m1/s1. The number of thioether (sulfide) groups is 1. The Morgan fingerprint density at radius 1 is 1.50 bits per heavy atom. The average Bonchev–Trinajstić information content (AvgIpc) is 3.11. The molecule has 0 saturated heterocycles. The van der Waals surface area contributed by atoms with Crippen LogP contribution in [0.15, 0.2) is 29.3 Å². The summed E-state index contributed by atoms with van der Waals surface area (Å²) in [6.07, 6.45) is 3.74. The molecule has 0 bridgehead atoms. The number of carbonyl (C=O) groups is 1. The van der Waals surface area contributed by atoms with Crippen molar-refractivity contribution in [3.8, 4) is 5.75 Å². The smallest absolute Gasteiger partial charge is 0.331 e. The van der Waals surface area contributed by atoms with Gasteiger partial charge in [-0.05, 0) is 37.3 Å². The molecule has 114 valence electrons. The van der Waals surface area contributed by atoms with Crippen molar-refractivity contribution in [2.45, 2.75) is 13.0 Å². The molecular formula is C15H14N2O3S2. The number of thiazole rings is 1. The number of fused-ring (bicyclic) bond motifs is 1. The monoisotopic (exact) mass is 334 g/mol. The number of esters is 1. The van der Waals surface area contributed by atoms with Crippen LogP contribution in [0.25, 0.3) is 16.3 Å². The van der Waals surface area contributed by atoms with Gasteiger partial charge in [-0.3, -0.25) is 4.99 Å². The summed E-state index contributed by atoms with van der Waals surface area (Å²) >= 11 is 3.03. The lowest BCUT2D eigenvalue weighted by molar-refractivity contribution is -0.143. The molecule has 1 N–H and O–H groups in total. The van der Waals surface area contributed by atoms with E-state index in [1.165, 1.54) is 23.1 Å². The Morgan fingerprint density at radius 2 is 2.36 bits per heavy atom. The Bertz CT molecular complexity index is 767. The molecular weight excluding hydrogens is 320 g/mol. The number of aliphatic imine (C=N–C) groups is 1. The van der Waals surface area contributed by atoms with Gasteiger partial charge in [-0.2, -0.15) is 0 Å². The van der Waals surface area contributed by atoms with Crippen LogP contribution in [0, 0.1) is 0 Å². The minimum absolute atomic E-state index is 0.236. The molecule has 1 aliphatic heterocycles. The maximum absolute atomic E-state index is 11.6. The summed E-state index contributed by atoms with van der Waals surface area (Å²) in [6.45, 7) is 2.16. The number of hydrogen-bond donors (Lipinski definition) is 1. The second-order valence-electron chi connectivity index (χ2n) is 4.58. The van der Waals surface area contributed by atoms with Gasteiger partial charge in [-0.25, -0.2) is 9.78 Å². The van der Waals surface area contributed by atoms with E-state index in [1.54, 1.807) is 25.1 Å². The highest BCUT2D eigenvalue weighted by Crippen LogP contribution is 2.27. The molecule has 2 heterocycles. The molecule has 1 atom stereocenters. The maximum atomic E-state index is 11.6. The molecule has 5 nitrogen and oxygen atoms in total. The summed E-state index contributed by atoms with van der Waals surface area (Å²) in [4.78, 5) is 20.4. The second-order valence-corrected chi connectivity index (χ2v) is 6.69. The summed E-state index contributed by atoms with van der Waals surface area (Å²) in [5, 5.41) is 11.1. The molecule has 0 spiro atoms. The van der Waals surface area contributed by atoms with Crippen molar-refractivity contribution in [1.82, 2.24) is 4.98 Å². The summed E-state index contributed by atoms with van der Waals surface area (Å²) in [5.74, 6) is 0.584. The van der Waals surface area contributed by atoms with Crippen molar-refractivity contribution in [3.05, 3.63) is 29.3 Å². The average molecular weight is 334 g/mol. The number of aromatic nitrogens is 1. The molecule has 1 aromatic heterocycles. The van der Waals surface area contributed by atoms with E-state index < -0.39 is 6.04 Å². The predicted octanol–water partition coefficient (Wildman–Crippen LogP) is 3.09. The van der Waals surface area contributed by atoms with E-state index in [4.69, 9.17) is 4.74 Å². The molecule has 0 fully saturated rings. The van der Waals surface area contributed by atoms with Crippen LogP contribution in [0.1, 0.15) is 11.9 Å². The fraction of sp³-hybridized carbons (Fsp3) is 0.267. The zero-order valence-corrected chi connectivity index (χ0v) is 13.5. The van der Waals surface area contributed by atoms with Gasteiger partial charge < -0.3 is 9.84 Å². The molecule has 22 heavy (non-hydrogen) atoms. The third-order valence-corrected chi connectivity index (χ3v) is 4.99. The van der Waals surface area contributed by atoms with Crippen LogP contribution < -0.4 is 0 Å². The number of nitrogens with zero attached hydrogens (tertiary/aromatic N) is 2. The highest BCUT2D eigenvalue weighted by Gasteiger charge is 2.24. The van der Waals surface area contributed by atoms with Gasteiger partial charge in [0.1, 0.15) is 10.8 Å². The third kappa shape index (κ3) is 3.31. The number of phenolic OH excluding ortho intramolecular Hbond substituents is 1. The summed E-state index contributed by atoms with van der Waals surface area (Å²) in [6, 6.07) is 4.70. The maximum Gasteiger partial charge on any atom is 0.331 e. The number of aromatic hydroxyl groups is 1. The van der Waals surface area contributed by atoms with Gasteiger partial charge in [0.05, 0.1) is 21.9 Å². The first-order chi connectivity index (χ1) is 10.7. The van der Waals surface area contributed by atoms with Crippen LogP contribution in [0.5, 0.6) is 5.75 Å². The lowest BCUT2D eigenvalue weighted by atomic mass is 10.3. The fourth-order valence-corrected chi connectivity index (χ4v) is 3.80. The van der Waals surface area contributed by atoms with Crippen molar-refractivity contribution in [2.75, 3.05) is 12.4 Å². The van der Waals surface area contributed by atoms with Gasteiger partial charge in [0.25, 0.3) is 0 Å². The number of phenols is 1. The van der Waals surface area contributed by atoms with Crippen LogP contribution in [0.3, 0.4) is 0 Å². The number of ether oxygens (including phenoxy) is 1. The van der Waals surface area contributed by atoms with Crippen LogP contribution in [0.2, 0.25) is 0 Å². The Balaban J connectivity index is 1.73. The van der Waals surface area contributed by atoms with Crippen molar-refractivity contribution in [3.63, 3.8) is 0 Å². The molecule has 0 aliphatic carbocycles. The van der Waals surface area contributed by atoms with E-state index in [1.807, 2.05) is 12.2 Å². The number of carbonyl (C=O) groups excluding carboxylic acids is 1. The van der Waals surface area contributed by atoms with Gasteiger partial charge in [0.2, 0.25) is 0 Å². The van der Waals surface area contributed by atoms with Gasteiger partial charge in [-0.15, -0.1) is 23.1 Å². The van der Waals surface area contributed by atoms with E-state index in [2.05, 4.69) is 9.98 Å². The molecule has 3 rings (SSSR count). The fourth-order valence-electron chi connectivity index (χ4n) is 1.99. The number of hydrogen-bond acceptors (Lipinski definition) is 7. The van der Waals surface area contributed by atoms with Crippen molar-refractivity contribution < 1.29 is 14.6 Å². The first-order valence-electron chi connectivity index (χ1n) is 6.80. The van der Waals surface area contributed by atoms with Gasteiger partial charge in [0.15, 0.2) is 6.04 Å². The van der Waals surface area contributed by atoms with Crippen LogP contribution >= 0.6 is 23.1 Å². The van der Waals surface area contributed by atoms with Gasteiger partial charge in [0, 0.05) is 5.75 Å². The Morgan fingerprint density at radius 3 is 3.18 bits per heavy atom. The number of rotatable bonds is 4. The number of benzene rings is 1. The Kier molecular flexibility index (Phi) is 4.44.